The van der Waals surface area contributed by atoms with E-state index in [9.17, 15) is 16.8 Å². The van der Waals surface area contributed by atoms with Crippen LogP contribution in [0, 0.1) is 0 Å². The number of rotatable bonds is 10. The highest BCUT2D eigenvalue weighted by Crippen LogP contribution is 2.43. The monoisotopic (exact) mass is 575 g/mol. The van der Waals surface area contributed by atoms with Crippen molar-refractivity contribution in [2.75, 3.05) is 13.2 Å². The van der Waals surface area contributed by atoms with Crippen molar-refractivity contribution in [2.45, 2.75) is 67.1 Å². The molecular weight excluding hydrogens is 542 g/mol. The average molecular weight is 576 g/mol. The summed E-state index contributed by atoms with van der Waals surface area (Å²) in [5.41, 5.74) is 0. The van der Waals surface area contributed by atoms with Crippen molar-refractivity contribution in [3.05, 3.63) is 60.7 Å². The maximum Gasteiger partial charge on any atom is 0.259 e. The van der Waals surface area contributed by atoms with Gasteiger partial charge in [0.25, 0.3) is 20.0 Å². The maximum absolute atomic E-state index is 17.3. The lowest BCUT2D eigenvalue weighted by Crippen LogP contribution is -2.61. The van der Waals surface area contributed by atoms with Crippen molar-refractivity contribution in [3.8, 4) is 0 Å². The predicted molar refractivity (Wildman–Crippen MR) is 140 cm³/mol. The number of ether oxygens (including phenoxy) is 1. The van der Waals surface area contributed by atoms with Gasteiger partial charge in [0.15, 0.2) is 16.6 Å². The average Bonchev–Trinajstić information content (AvgIpc) is 3.07. The summed E-state index contributed by atoms with van der Waals surface area (Å²) < 4.78 is 90.5. The van der Waals surface area contributed by atoms with E-state index in [1.54, 1.807) is 12.1 Å². The lowest BCUT2D eigenvalue weighted by atomic mass is 10.1. The van der Waals surface area contributed by atoms with Crippen LogP contribution < -0.4 is 0 Å². The summed E-state index contributed by atoms with van der Waals surface area (Å²) in [7, 11) is -14.4. The first-order valence-electron chi connectivity index (χ1n) is 11.5. The van der Waals surface area contributed by atoms with Crippen molar-refractivity contribution in [1.29, 1.82) is 0 Å². The van der Waals surface area contributed by atoms with E-state index in [1.807, 2.05) is 39.3 Å². The Labute approximate surface area is 215 Å². The second-order valence-electron chi connectivity index (χ2n) is 10.6. The lowest BCUT2D eigenvalue weighted by molar-refractivity contribution is -0.0257. The summed E-state index contributed by atoms with van der Waals surface area (Å²) in [6.45, 7) is 10.4. The Morgan fingerprint density at radius 1 is 0.861 bits per heavy atom. The molecule has 36 heavy (non-hydrogen) atoms. The normalized spacial score (nSPS) is 23.8. The molecule has 2 aromatic carbocycles. The summed E-state index contributed by atoms with van der Waals surface area (Å²) in [4.78, 5) is -0.731. The highest BCUT2D eigenvalue weighted by molar-refractivity contribution is 8.04. The Morgan fingerprint density at radius 2 is 1.31 bits per heavy atom. The van der Waals surface area contributed by atoms with Crippen LogP contribution >= 0.6 is 0 Å². The number of alkyl halides is 1. The van der Waals surface area contributed by atoms with E-state index in [0.717, 1.165) is 0 Å². The number of benzene rings is 2. The first-order chi connectivity index (χ1) is 16.5. The van der Waals surface area contributed by atoms with E-state index in [0.29, 0.717) is 0 Å². The highest BCUT2D eigenvalue weighted by Gasteiger charge is 2.64. The van der Waals surface area contributed by atoms with Crippen molar-refractivity contribution >= 4 is 36.7 Å². The molecule has 0 radical (unpaired) electrons. The van der Waals surface area contributed by atoms with E-state index < -0.39 is 61.3 Å². The fourth-order valence-corrected chi connectivity index (χ4v) is 9.56. The van der Waals surface area contributed by atoms with Gasteiger partial charge in [0.05, 0.1) is 23.0 Å². The molecule has 3 atom stereocenters. The van der Waals surface area contributed by atoms with Crippen LogP contribution in [0.25, 0.3) is 0 Å². The molecule has 1 heterocycles. The van der Waals surface area contributed by atoms with Gasteiger partial charge in [-0.1, -0.05) is 36.4 Å². The van der Waals surface area contributed by atoms with Gasteiger partial charge in [-0.05, 0) is 67.3 Å². The van der Waals surface area contributed by atoms with Crippen LogP contribution in [0.5, 0.6) is 0 Å². The Kier molecular flexibility index (Phi) is 8.38. The largest absolute Gasteiger partial charge is 0.415 e. The molecule has 3 rings (SSSR count). The topological polar surface area (TPSA) is 99.2 Å². The minimum atomic E-state index is -4.91. The number of halogens is 1. The van der Waals surface area contributed by atoms with Crippen LogP contribution in [0.3, 0.4) is 0 Å². The summed E-state index contributed by atoms with van der Waals surface area (Å²) in [6.07, 6.45) is -2.54. The maximum atomic E-state index is 17.3. The molecule has 1 saturated heterocycles. The number of nitrogens with zero attached hydrogens (tertiary/aromatic N) is 1. The van der Waals surface area contributed by atoms with Gasteiger partial charge in [-0.3, -0.25) is 0 Å². The van der Waals surface area contributed by atoms with Gasteiger partial charge in [-0.2, -0.15) is 0 Å². The molecule has 13 heteroatoms. The first kappa shape index (κ1) is 29.1. The molecule has 2 unspecified atom stereocenters. The Balaban J connectivity index is 2.22. The fraction of sp³-hybridized carbons (Fsp3) is 0.478. The zero-order chi connectivity index (χ0) is 27.0. The molecule has 0 aliphatic carbocycles. The minimum absolute atomic E-state index is 0.0447. The first-order valence-corrected chi connectivity index (χ1v) is 21.2. The van der Waals surface area contributed by atoms with E-state index in [-0.39, 0.29) is 20.1 Å². The number of hydrogen-bond acceptors (Lipinski definition) is 7. The van der Waals surface area contributed by atoms with Gasteiger partial charge in [-0.25, -0.2) is 21.2 Å². The molecule has 1 aliphatic heterocycles. The van der Waals surface area contributed by atoms with Gasteiger partial charge in [0.1, 0.15) is 12.2 Å². The van der Waals surface area contributed by atoms with Crippen LogP contribution in [0.4, 0.5) is 4.39 Å². The number of hydrogen-bond donors (Lipinski definition) is 0. The lowest BCUT2D eigenvalue weighted by Gasteiger charge is -2.39. The Hall–Kier alpha value is -1.46. The van der Waals surface area contributed by atoms with Crippen LogP contribution in [0.15, 0.2) is 70.5 Å². The second-order valence-corrected chi connectivity index (χ2v) is 23.4. The van der Waals surface area contributed by atoms with Gasteiger partial charge < -0.3 is 13.6 Å². The highest BCUT2D eigenvalue weighted by atomic mass is 32.3. The third-order valence-electron chi connectivity index (χ3n) is 5.26. The van der Waals surface area contributed by atoms with Crippen LogP contribution in [0.2, 0.25) is 39.3 Å². The predicted octanol–water partition coefficient (Wildman–Crippen LogP) is 4.20. The molecule has 200 valence electrons. The fourth-order valence-electron chi connectivity index (χ4n) is 3.75. The second kappa shape index (κ2) is 10.4. The molecule has 0 amide bonds. The summed E-state index contributed by atoms with van der Waals surface area (Å²) >= 11 is 0. The summed E-state index contributed by atoms with van der Waals surface area (Å²) in [5.74, 6) is -3.06. The molecule has 1 fully saturated rings. The molecule has 0 aromatic heterocycles. The molecular formula is C23H34FNO7S2Si2. The van der Waals surface area contributed by atoms with Gasteiger partial charge in [0.2, 0.25) is 5.79 Å². The van der Waals surface area contributed by atoms with Crippen molar-refractivity contribution in [1.82, 2.24) is 3.71 Å². The smallest absolute Gasteiger partial charge is 0.259 e. The van der Waals surface area contributed by atoms with Crippen molar-refractivity contribution in [2.24, 2.45) is 0 Å². The quantitative estimate of drug-likeness (QED) is 0.309. The number of sulfonamides is 2. The van der Waals surface area contributed by atoms with E-state index >= 15 is 4.39 Å². The van der Waals surface area contributed by atoms with E-state index in [1.165, 1.54) is 48.5 Å². The summed E-state index contributed by atoms with van der Waals surface area (Å²) in [5, 5.41) is 0. The van der Waals surface area contributed by atoms with E-state index in [2.05, 4.69) is 0 Å². The van der Waals surface area contributed by atoms with Crippen molar-refractivity contribution in [3.63, 3.8) is 0 Å². The molecule has 2 aromatic rings. The Morgan fingerprint density at radius 3 is 1.69 bits per heavy atom. The van der Waals surface area contributed by atoms with Crippen molar-refractivity contribution < 1.29 is 34.8 Å². The summed E-state index contributed by atoms with van der Waals surface area (Å²) in [6, 6.07) is 13.8. The molecule has 1 aliphatic rings. The standard InChI is InChI=1S/C23H34FNO7S2Si2/c1-35(2,3)31-17-21-22(32-36(4,5)6)23(24,18-30-21)25(33(26,27)19-13-9-7-10-14-19)34(28,29)20-15-11-8-12-16-20/h7-16,21-22H,17-18H2,1-6H3/t21-,22?,23?/m1/s1. The zero-order valence-electron chi connectivity index (χ0n) is 21.3. The zero-order valence-corrected chi connectivity index (χ0v) is 25.0. The van der Waals surface area contributed by atoms with Gasteiger partial charge in [0, 0.05) is 0 Å². The minimum Gasteiger partial charge on any atom is -0.415 e. The van der Waals surface area contributed by atoms with Crippen LogP contribution in [0.1, 0.15) is 0 Å². The Bertz CT molecular complexity index is 1180. The molecule has 0 saturated carbocycles. The molecule has 0 bridgehead atoms. The third-order valence-corrected chi connectivity index (χ3v) is 11.6. The van der Waals surface area contributed by atoms with Gasteiger partial charge in [-0.15, -0.1) is 0 Å². The van der Waals surface area contributed by atoms with Gasteiger partial charge >= 0.3 is 0 Å². The van der Waals surface area contributed by atoms with E-state index in [4.69, 9.17) is 13.6 Å². The third kappa shape index (κ3) is 6.33. The molecule has 0 spiro atoms. The molecule has 8 nitrogen and oxygen atoms in total. The van der Waals surface area contributed by atoms with Crippen LogP contribution in [-0.4, -0.2) is 68.4 Å². The SMILES string of the molecule is C[Si](C)(C)OC[C@H]1OCC(F)(N(S(=O)(=O)c2ccccc2)S(=O)(=O)c2ccccc2)C1O[Si](C)(C)C. The molecule has 0 N–H and O–H groups in total. The van der Waals surface area contributed by atoms with Crippen LogP contribution in [-0.2, 0) is 33.6 Å².